The Morgan fingerprint density at radius 3 is 3.05 bits per heavy atom. The van der Waals surface area contributed by atoms with Gasteiger partial charge in [0.2, 0.25) is 0 Å². The molecule has 20 heavy (non-hydrogen) atoms. The maximum atomic E-state index is 12.7. The summed E-state index contributed by atoms with van der Waals surface area (Å²) in [6.07, 6.45) is 2.49. The maximum absolute atomic E-state index is 12.7. The van der Waals surface area contributed by atoms with Gasteiger partial charge in [-0.1, -0.05) is 12.1 Å². The molecule has 0 radical (unpaired) electrons. The van der Waals surface area contributed by atoms with E-state index in [1.54, 1.807) is 0 Å². The number of hydrogen-bond donors (Lipinski definition) is 1. The van der Waals surface area contributed by atoms with E-state index >= 15 is 0 Å². The van der Waals surface area contributed by atoms with Crippen LogP contribution in [0.2, 0.25) is 0 Å². The fourth-order valence-electron chi connectivity index (χ4n) is 3.47. The molecule has 2 heterocycles. The highest BCUT2D eigenvalue weighted by Gasteiger charge is 2.36. The van der Waals surface area contributed by atoms with E-state index in [-0.39, 0.29) is 5.91 Å². The molecule has 2 aliphatic heterocycles. The summed E-state index contributed by atoms with van der Waals surface area (Å²) in [5.41, 5.74) is 7.45. The number of benzene rings is 1. The van der Waals surface area contributed by atoms with E-state index in [4.69, 9.17) is 5.73 Å². The van der Waals surface area contributed by atoms with Gasteiger partial charge in [0.25, 0.3) is 5.91 Å². The summed E-state index contributed by atoms with van der Waals surface area (Å²) < 4.78 is 0. The van der Waals surface area contributed by atoms with Gasteiger partial charge in [0.05, 0.1) is 0 Å². The van der Waals surface area contributed by atoms with Gasteiger partial charge in [0, 0.05) is 37.3 Å². The minimum atomic E-state index is 0.152. The first-order chi connectivity index (χ1) is 9.69. The lowest BCUT2D eigenvalue weighted by atomic mass is 10.0. The molecule has 2 aliphatic rings. The zero-order valence-electron chi connectivity index (χ0n) is 12.1. The van der Waals surface area contributed by atoms with Crippen molar-refractivity contribution in [3.8, 4) is 0 Å². The highest BCUT2D eigenvalue weighted by molar-refractivity contribution is 5.94. The van der Waals surface area contributed by atoms with Crippen molar-refractivity contribution in [2.75, 3.05) is 19.6 Å². The molecule has 4 nitrogen and oxygen atoms in total. The van der Waals surface area contributed by atoms with Crippen LogP contribution in [0.5, 0.6) is 0 Å². The van der Waals surface area contributed by atoms with E-state index in [0.717, 1.165) is 24.2 Å². The van der Waals surface area contributed by atoms with E-state index in [1.165, 1.54) is 19.4 Å². The smallest absolute Gasteiger partial charge is 0.254 e. The number of piperazine rings is 1. The highest BCUT2D eigenvalue weighted by Crippen LogP contribution is 2.25. The summed E-state index contributed by atoms with van der Waals surface area (Å²) in [5.74, 6) is 0.152. The first-order valence-electron chi connectivity index (χ1n) is 7.53. The van der Waals surface area contributed by atoms with Crippen molar-refractivity contribution < 1.29 is 4.79 Å². The van der Waals surface area contributed by atoms with Gasteiger partial charge < -0.3 is 10.6 Å². The van der Waals surface area contributed by atoms with Gasteiger partial charge in [0.1, 0.15) is 0 Å². The molecule has 0 aliphatic carbocycles. The van der Waals surface area contributed by atoms with Gasteiger partial charge in [-0.05, 0) is 44.0 Å². The first kappa shape index (κ1) is 13.6. The first-order valence-corrected chi connectivity index (χ1v) is 7.53. The Morgan fingerprint density at radius 1 is 1.40 bits per heavy atom. The molecule has 1 aromatic carbocycles. The van der Waals surface area contributed by atoms with Gasteiger partial charge >= 0.3 is 0 Å². The zero-order chi connectivity index (χ0) is 14.1. The lowest BCUT2D eigenvalue weighted by molar-refractivity contribution is 0.0395. The normalized spacial score (nSPS) is 26.6. The van der Waals surface area contributed by atoms with Crippen LogP contribution in [-0.4, -0.2) is 47.4 Å². The molecule has 2 N–H and O–H groups in total. The Kier molecular flexibility index (Phi) is 3.76. The number of nitrogens with zero attached hydrogens (tertiary/aromatic N) is 2. The molecule has 2 unspecified atom stereocenters. The van der Waals surface area contributed by atoms with E-state index in [9.17, 15) is 4.79 Å². The van der Waals surface area contributed by atoms with Crippen LogP contribution >= 0.6 is 0 Å². The highest BCUT2D eigenvalue weighted by atomic mass is 16.2. The molecule has 4 heteroatoms. The molecule has 3 rings (SSSR count). The van der Waals surface area contributed by atoms with Crippen molar-refractivity contribution in [3.63, 3.8) is 0 Å². The molecule has 108 valence electrons. The molecule has 2 atom stereocenters. The van der Waals surface area contributed by atoms with Crippen LogP contribution < -0.4 is 5.73 Å². The summed E-state index contributed by atoms with van der Waals surface area (Å²) in [6.45, 7) is 5.70. The summed E-state index contributed by atoms with van der Waals surface area (Å²) >= 11 is 0. The molecule has 0 spiro atoms. The molecular weight excluding hydrogens is 250 g/mol. The Bertz CT molecular complexity index is 502. The van der Waals surface area contributed by atoms with Crippen molar-refractivity contribution in [2.24, 2.45) is 5.73 Å². The third-order valence-corrected chi connectivity index (χ3v) is 4.61. The Hall–Kier alpha value is -1.39. The third kappa shape index (κ3) is 2.45. The van der Waals surface area contributed by atoms with Gasteiger partial charge in [0.15, 0.2) is 0 Å². The Labute approximate surface area is 120 Å². The molecule has 1 amide bonds. The molecule has 2 saturated heterocycles. The second-order valence-electron chi connectivity index (χ2n) is 6.00. The van der Waals surface area contributed by atoms with Gasteiger partial charge in [-0.3, -0.25) is 9.69 Å². The maximum Gasteiger partial charge on any atom is 0.254 e. The summed E-state index contributed by atoms with van der Waals surface area (Å²) in [5, 5.41) is 0. The number of fused-ring (bicyclic) bond motifs is 1. The van der Waals surface area contributed by atoms with Crippen LogP contribution in [0.15, 0.2) is 24.3 Å². The van der Waals surface area contributed by atoms with E-state index < -0.39 is 0 Å². The lowest BCUT2D eigenvalue weighted by Crippen LogP contribution is -2.56. The second-order valence-corrected chi connectivity index (χ2v) is 6.00. The predicted molar refractivity (Wildman–Crippen MR) is 79.4 cm³/mol. The SMILES string of the molecule is CC1CN2CCCC2CN1C(=O)c1cccc(CN)c1. The molecule has 2 fully saturated rings. The molecule has 0 bridgehead atoms. The van der Waals surface area contributed by atoms with Crippen LogP contribution in [0.25, 0.3) is 0 Å². The van der Waals surface area contributed by atoms with Gasteiger partial charge in [-0.2, -0.15) is 0 Å². The fraction of sp³-hybridized carbons (Fsp3) is 0.562. The third-order valence-electron chi connectivity index (χ3n) is 4.61. The Morgan fingerprint density at radius 2 is 2.25 bits per heavy atom. The summed E-state index contributed by atoms with van der Waals surface area (Å²) in [4.78, 5) is 17.3. The number of nitrogens with two attached hydrogens (primary N) is 1. The van der Waals surface area contributed by atoms with E-state index in [1.807, 2.05) is 29.2 Å². The largest absolute Gasteiger partial charge is 0.333 e. The van der Waals surface area contributed by atoms with E-state index in [2.05, 4.69) is 11.8 Å². The quantitative estimate of drug-likeness (QED) is 0.887. The van der Waals surface area contributed by atoms with Crippen molar-refractivity contribution >= 4 is 5.91 Å². The zero-order valence-corrected chi connectivity index (χ0v) is 12.1. The second kappa shape index (κ2) is 5.54. The minimum Gasteiger partial charge on any atom is -0.333 e. The lowest BCUT2D eigenvalue weighted by Gasteiger charge is -2.42. The molecule has 0 aromatic heterocycles. The summed E-state index contributed by atoms with van der Waals surface area (Å²) in [6, 6.07) is 8.57. The molecule has 0 saturated carbocycles. The monoisotopic (exact) mass is 273 g/mol. The van der Waals surface area contributed by atoms with Crippen molar-refractivity contribution in [3.05, 3.63) is 35.4 Å². The van der Waals surface area contributed by atoms with Gasteiger partial charge in [-0.25, -0.2) is 0 Å². The van der Waals surface area contributed by atoms with Gasteiger partial charge in [-0.15, -0.1) is 0 Å². The molecular formula is C16H23N3O. The topological polar surface area (TPSA) is 49.6 Å². The number of hydrogen-bond acceptors (Lipinski definition) is 3. The standard InChI is InChI=1S/C16H23N3O/c1-12-10-18-7-3-6-15(18)11-19(12)16(20)14-5-2-4-13(8-14)9-17/h2,4-5,8,12,15H,3,6-7,9-11,17H2,1H3. The van der Waals surface area contributed by atoms with Crippen LogP contribution in [0, 0.1) is 0 Å². The van der Waals surface area contributed by atoms with Crippen LogP contribution in [0.3, 0.4) is 0 Å². The number of amides is 1. The van der Waals surface area contributed by atoms with Crippen LogP contribution in [-0.2, 0) is 6.54 Å². The van der Waals surface area contributed by atoms with Crippen molar-refractivity contribution in [1.82, 2.24) is 9.80 Å². The van der Waals surface area contributed by atoms with Crippen molar-refractivity contribution in [2.45, 2.75) is 38.4 Å². The average Bonchev–Trinajstić information content (AvgIpc) is 2.92. The van der Waals surface area contributed by atoms with Crippen LogP contribution in [0.4, 0.5) is 0 Å². The average molecular weight is 273 g/mol. The fourth-order valence-corrected chi connectivity index (χ4v) is 3.47. The number of rotatable bonds is 2. The predicted octanol–water partition coefficient (Wildman–Crippen LogP) is 1.45. The molecule has 1 aromatic rings. The number of carbonyl (C=O) groups excluding carboxylic acids is 1. The van der Waals surface area contributed by atoms with E-state index in [0.29, 0.717) is 18.6 Å². The summed E-state index contributed by atoms with van der Waals surface area (Å²) in [7, 11) is 0. The minimum absolute atomic E-state index is 0.152. The van der Waals surface area contributed by atoms with Crippen LogP contribution in [0.1, 0.15) is 35.7 Å². The number of carbonyl (C=O) groups is 1. The Balaban J connectivity index is 1.78. The van der Waals surface area contributed by atoms with Crippen molar-refractivity contribution in [1.29, 1.82) is 0 Å².